The van der Waals surface area contributed by atoms with Gasteiger partial charge in [0.1, 0.15) is 17.2 Å². The zero-order valence-corrected chi connectivity index (χ0v) is 11.7. The summed E-state index contributed by atoms with van der Waals surface area (Å²) in [6, 6.07) is 11.2. The minimum atomic E-state index is -0.234. The summed E-state index contributed by atoms with van der Waals surface area (Å²) in [5, 5.41) is 0. The highest BCUT2D eigenvalue weighted by Gasteiger charge is 2.18. The van der Waals surface area contributed by atoms with E-state index in [1.807, 2.05) is 43.3 Å². The number of rotatable bonds is 6. The third-order valence-corrected chi connectivity index (χ3v) is 2.98. The van der Waals surface area contributed by atoms with Crippen molar-refractivity contribution in [2.24, 2.45) is 5.84 Å². The van der Waals surface area contributed by atoms with Crippen LogP contribution in [-0.4, -0.2) is 18.7 Å². The molecule has 1 unspecified atom stereocenters. The summed E-state index contributed by atoms with van der Waals surface area (Å²) in [6.45, 7) is 2.60. The number of methoxy groups -OCH3 is 1. The van der Waals surface area contributed by atoms with Gasteiger partial charge in [0.2, 0.25) is 0 Å². The van der Waals surface area contributed by atoms with Crippen LogP contribution in [0.5, 0.6) is 11.5 Å². The Balaban J connectivity index is 2.31. The molecule has 0 aliphatic heterocycles. The lowest BCUT2D eigenvalue weighted by atomic mass is 10.0. The molecular formula is C15H19N3O2. The SMILES string of the molecule is CCOc1ccc(C(NN)c2ncccc2OC)cc1. The average Bonchev–Trinajstić information content (AvgIpc) is 2.50. The summed E-state index contributed by atoms with van der Waals surface area (Å²) in [6.07, 6.45) is 1.72. The van der Waals surface area contributed by atoms with Gasteiger partial charge in [-0.05, 0) is 36.8 Å². The van der Waals surface area contributed by atoms with Crippen LogP contribution in [0, 0.1) is 0 Å². The molecule has 1 atom stereocenters. The normalized spacial score (nSPS) is 11.9. The molecule has 2 aromatic rings. The van der Waals surface area contributed by atoms with Crippen LogP contribution >= 0.6 is 0 Å². The molecule has 5 heteroatoms. The van der Waals surface area contributed by atoms with Crippen molar-refractivity contribution in [3.05, 3.63) is 53.9 Å². The van der Waals surface area contributed by atoms with Crippen LogP contribution in [0.4, 0.5) is 0 Å². The number of nitrogens with two attached hydrogens (primary N) is 1. The first-order valence-corrected chi connectivity index (χ1v) is 6.48. The Morgan fingerprint density at radius 3 is 2.60 bits per heavy atom. The number of hydrogen-bond acceptors (Lipinski definition) is 5. The van der Waals surface area contributed by atoms with Crippen molar-refractivity contribution in [1.82, 2.24) is 10.4 Å². The fourth-order valence-corrected chi connectivity index (χ4v) is 2.05. The van der Waals surface area contributed by atoms with Crippen LogP contribution in [0.2, 0.25) is 0 Å². The Bertz CT molecular complexity index is 543. The number of aromatic nitrogens is 1. The predicted octanol–water partition coefficient (Wildman–Crippen LogP) is 2.04. The molecule has 0 bridgehead atoms. The van der Waals surface area contributed by atoms with Gasteiger partial charge < -0.3 is 9.47 Å². The Labute approximate surface area is 118 Å². The number of hydrazine groups is 1. The van der Waals surface area contributed by atoms with Crippen molar-refractivity contribution in [2.75, 3.05) is 13.7 Å². The van der Waals surface area contributed by atoms with Crippen LogP contribution in [-0.2, 0) is 0 Å². The second-order valence-corrected chi connectivity index (χ2v) is 4.19. The first-order chi connectivity index (χ1) is 9.80. The van der Waals surface area contributed by atoms with Crippen molar-refractivity contribution in [2.45, 2.75) is 13.0 Å². The lowest BCUT2D eigenvalue weighted by Gasteiger charge is -2.18. The highest BCUT2D eigenvalue weighted by atomic mass is 16.5. The maximum atomic E-state index is 5.68. The maximum absolute atomic E-state index is 5.68. The van der Waals surface area contributed by atoms with Gasteiger partial charge in [0.25, 0.3) is 0 Å². The Kier molecular flexibility index (Phi) is 4.92. The molecule has 0 spiro atoms. The van der Waals surface area contributed by atoms with Gasteiger partial charge in [-0.3, -0.25) is 10.8 Å². The van der Waals surface area contributed by atoms with Crippen molar-refractivity contribution in [1.29, 1.82) is 0 Å². The van der Waals surface area contributed by atoms with E-state index in [-0.39, 0.29) is 6.04 Å². The molecule has 2 rings (SSSR count). The average molecular weight is 273 g/mol. The summed E-state index contributed by atoms with van der Waals surface area (Å²) in [5.41, 5.74) is 4.52. The molecule has 0 aliphatic carbocycles. The van der Waals surface area contributed by atoms with Crippen LogP contribution in [0.25, 0.3) is 0 Å². The molecule has 1 aromatic carbocycles. The van der Waals surface area contributed by atoms with Crippen molar-refractivity contribution >= 4 is 0 Å². The lowest BCUT2D eigenvalue weighted by Crippen LogP contribution is -2.29. The van der Waals surface area contributed by atoms with Crippen molar-refractivity contribution in [3.63, 3.8) is 0 Å². The zero-order chi connectivity index (χ0) is 14.4. The standard InChI is InChI=1S/C15H19N3O2/c1-3-20-12-8-6-11(7-9-12)14(18-16)15-13(19-2)5-4-10-17-15/h4-10,14,18H,3,16H2,1-2H3. The fourth-order valence-electron chi connectivity index (χ4n) is 2.05. The molecule has 1 aromatic heterocycles. The summed E-state index contributed by atoms with van der Waals surface area (Å²) < 4.78 is 10.8. The quantitative estimate of drug-likeness (QED) is 0.622. The molecule has 20 heavy (non-hydrogen) atoms. The minimum absolute atomic E-state index is 0.234. The topological polar surface area (TPSA) is 69.4 Å². The van der Waals surface area contributed by atoms with E-state index < -0.39 is 0 Å². The third-order valence-electron chi connectivity index (χ3n) is 2.98. The first kappa shape index (κ1) is 14.3. The number of hydrogen-bond donors (Lipinski definition) is 2. The summed E-state index contributed by atoms with van der Waals surface area (Å²) in [4.78, 5) is 4.36. The largest absolute Gasteiger partial charge is 0.495 e. The smallest absolute Gasteiger partial charge is 0.142 e. The Morgan fingerprint density at radius 2 is 2.00 bits per heavy atom. The van der Waals surface area contributed by atoms with E-state index in [1.165, 1.54) is 0 Å². The molecule has 0 radical (unpaired) electrons. The fraction of sp³-hybridized carbons (Fsp3) is 0.267. The van der Waals surface area contributed by atoms with E-state index in [9.17, 15) is 0 Å². The minimum Gasteiger partial charge on any atom is -0.495 e. The highest BCUT2D eigenvalue weighted by Crippen LogP contribution is 2.28. The number of nitrogens with one attached hydrogen (secondary N) is 1. The van der Waals surface area contributed by atoms with Gasteiger partial charge >= 0.3 is 0 Å². The van der Waals surface area contributed by atoms with Gasteiger partial charge in [-0.15, -0.1) is 0 Å². The summed E-state index contributed by atoms with van der Waals surface area (Å²) in [7, 11) is 1.62. The Hall–Kier alpha value is -2.11. The molecule has 1 heterocycles. The predicted molar refractivity (Wildman–Crippen MR) is 77.6 cm³/mol. The van der Waals surface area contributed by atoms with Gasteiger partial charge in [0.15, 0.2) is 0 Å². The van der Waals surface area contributed by atoms with E-state index in [0.29, 0.717) is 12.4 Å². The molecule has 0 saturated carbocycles. The molecule has 3 N–H and O–H groups in total. The molecule has 0 saturated heterocycles. The summed E-state index contributed by atoms with van der Waals surface area (Å²) >= 11 is 0. The number of nitrogens with zero attached hydrogens (tertiary/aromatic N) is 1. The summed E-state index contributed by atoms with van der Waals surface area (Å²) in [5.74, 6) is 7.21. The second-order valence-electron chi connectivity index (χ2n) is 4.19. The number of pyridine rings is 1. The van der Waals surface area contributed by atoms with Crippen LogP contribution in [0.3, 0.4) is 0 Å². The van der Waals surface area contributed by atoms with E-state index >= 15 is 0 Å². The van der Waals surface area contributed by atoms with Gasteiger partial charge in [-0.25, -0.2) is 5.43 Å². The molecule has 0 aliphatic rings. The van der Waals surface area contributed by atoms with Crippen molar-refractivity contribution < 1.29 is 9.47 Å². The van der Waals surface area contributed by atoms with Crippen LogP contribution in [0.15, 0.2) is 42.6 Å². The monoisotopic (exact) mass is 273 g/mol. The van der Waals surface area contributed by atoms with E-state index in [1.54, 1.807) is 13.3 Å². The molecule has 5 nitrogen and oxygen atoms in total. The highest BCUT2D eigenvalue weighted by molar-refractivity contribution is 5.38. The molecule has 0 fully saturated rings. The zero-order valence-electron chi connectivity index (χ0n) is 11.7. The molecular weight excluding hydrogens is 254 g/mol. The molecule has 0 amide bonds. The second kappa shape index (κ2) is 6.88. The van der Waals surface area contributed by atoms with Gasteiger partial charge in [-0.2, -0.15) is 0 Å². The third kappa shape index (κ3) is 3.07. The molecule has 106 valence electrons. The first-order valence-electron chi connectivity index (χ1n) is 6.48. The van der Waals surface area contributed by atoms with Crippen LogP contribution < -0.4 is 20.7 Å². The lowest BCUT2D eigenvalue weighted by molar-refractivity contribution is 0.340. The van der Waals surface area contributed by atoms with Gasteiger partial charge in [0, 0.05) is 6.20 Å². The van der Waals surface area contributed by atoms with E-state index in [2.05, 4.69) is 10.4 Å². The van der Waals surface area contributed by atoms with Crippen LogP contribution in [0.1, 0.15) is 24.2 Å². The Morgan fingerprint density at radius 1 is 1.25 bits per heavy atom. The van der Waals surface area contributed by atoms with Gasteiger partial charge in [-0.1, -0.05) is 12.1 Å². The van der Waals surface area contributed by atoms with E-state index in [0.717, 1.165) is 17.0 Å². The van der Waals surface area contributed by atoms with E-state index in [4.69, 9.17) is 15.3 Å². The number of ether oxygens (including phenoxy) is 2. The van der Waals surface area contributed by atoms with Crippen molar-refractivity contribution in [3.8, 4) is 11.5 Å². The van der Waals surface area contributed by atoms with Gasteiger partial charge in [0.05, 0.1) is 19.8 Å². The number of benzene rings is 1. The maximum Gasteiger partial charge on any atom is 0.142 e.